The fourth-order valence-corrected chi connectivity index (χ4v) is 4.22. The van der Waals surface area contributed by atoms with E-state index >= 15 is 0 Å². The number of aliphatic hydroxyl groups is 1. The van der Waals surface area contributed by atoms with E-state index in [-0.39, 0.29) is 6.10 Å². The molecular weight excluding hydrogens is 264 g/mol. The fourth-order valence-electron chi connectivity index (χ4n) is 4.22. The zero-order chi connectivity index (χ0) is 14.8. The van der Waals surface area contributed by atoms with Crippen molar-refractivity contribution in [1.29, 1.82) is 0 Å². The number of aryl methyl sites for hydroxylation is 1. The molecule has 0 aromatic carbocycles. The summed E-state index contributed by atoms with van der Waals surface area (Å²) in [5, 5.41) is 17.4. The zero-order valence-electron chi connectivity index (χ0n) is 13.2. The predicted octanol–water partition coefficient (Wildman–Crippen LogP) is 1.56. The van der Waals surface area contributed by atoms with Gasteiger partial charge in [-0.3, -0.25) is 4.68 Å². The van der Waals surface area contributed by atoms with Gasteiger partial charge < -0.3 is 15.3 Å². The highest BCUT2D eigenvalue weighted by Gasteiger charge is 2.39. The van der Waals surface area contributed by atoms with E-state index in [9.17, 15) is 5.11 Å². The molecule has 0 bridgehead atoms. The van der Waals surface area contributed by atoms with Gasteiger partial charge in [-0.15, -0.1) is 0 Å². The van der Waals surface area contributed by atoms with Crippen LogP contribution >= 0.6 is 0 Å². The van der Waals surface area contributed by atoms with Crippen molar-refractivity contribution in [2.75, 3.05) is 31.5 Å². The first-order valence-corrected chi connectivity index (χ1v) is 8.24. The van der Waals surface area contributed by atoms with Gasteiger partial charge in [-0.25, -0.2) is 0 Å². The lowest BCUT2D eigenvalue weighted by Gasteiger charge is -2.33. The molecule has 0 radical (unpaired) electrons. The van der Waals surface area contributed by atoms with Gasteiger partial charge in [-0.2, -0.15) is 5.10 Å². The van der Waals surface area contributed by atoms with Crippen LogP contribution in [0.4, 0.5) is 5.69 Å². The number of rotatable bonds is 5. The zero-order valence-corrected chi connectivity index (χ0v) is 13.2. The molecule has 1 aliphatic carbocycles. The van der Waals surface area contributed by atoms with E-state index in [1.54, 1.807) is 0 Å². The van der Waals surface area contributed by atoms with Crippen molar-refractivity contribution in [3.63, 3.8) is 0 Å². The SMILES string of the molecule is C[C@H](O)CN1C[C@H]2CCC[C@@H](CNc3cnn(C)c3)[C@H]2C1. The van der Waals surface area contributed by atoms with Crippen LogP contribution in [-0.2, 0) is 7.05 Å². The van der Waals surface area contributed by atoms with E-state index in [0.29, 0.717) is 0 Å². The largest absolute Gasteiger partial charge is 0.392 e. The van der Waals surface area contributed by atoms with Gasteiger partial charge in [0.25, 0.3) is 0 Å². The first-order valence-electron chi connectivity index (χ1n) is 8.24. The quantitative estimate of drug-likeness (QED) is 0.865. The lowest BCUT2D eigenvalue weighted by atomic mass is 9.74. The predicted molar refractivity (Wildman–Crippen MR) is 84.1 cm³/mol. The Hall–Kier alpha value is -1.07. The van der Waals surface area contributed by atoms with Gasteiger partial charge >= 0.3 is 0 Å². The summed E-state index contributed by atoms with van der Waals surface area (Å²) in [4.78, 5) is 2.46. The molecule has 2 N–H and O–H groups in total. The molecule has 5 nitrogen and oxygen atoms in total. The molecule has 0 spiro atoms. The van der Waals surface area contributed by atoms with Gasteiger partial charge in [0.05, 0.1) is 18.0 Å². The molecule has 1 saturated heterocycles. The normalized spacial score (nSPS) is 31.1. The van der Waals surface area contributed by atoms with Gasteiger partial charge in [-0.1, -0.05) is 6.42 Å². The number of nitrogens with zero attached hydrogens (tertiary/aromatic N) is 3. The molecule has 2 fully saturated rings. The smallest absolute Gasteiger partial charge is 0.0726 e. The van der Waals surface area contributed by atoms with Crippen LogP contribution in [0, 0.1) is 17.8 Å². The second-order valence-corrected chi connectivity index (χ2v) is 6.97. The number of likely N-dealkylation sites (tertiary alicyclic amines) is 1. The van der Waals surface area contributed by atoms with E-state index in [0.717, 1.165) is 43.1 Å². The van der Waals surface area contributed by atoms with Crippen LogP contribution in [0.15, 0.2) is 12.4 Å². The Bertz CT molecular complexity index is 459. The van der Waals surface area contributed by atoms with Crippen LogP contribution in [0.5, 0.6) is 0 Å². The van der Waals surface area contributed by atoms with Crippen LogP contribution in [0.2, 0.25) is 0 Å². The van der Waals surface area contributed by atoms with Gasteiger partial charge in [0, 0.05) is 39.4 Å². The fraction of sp³-hybridized carbons (Fsp3) is 0.812. The maximum Gasteiger partial charge on any atom is 0.0726 e. The maximum atomic E-state index is 9.60. The van der Waals surface area contributed by atoms with Crippen molar-refractivity contribution in [2.24, 2.45) is 24.8 Å². The Morgan fingerprint density at radius 1 is 1.43 bits per heavy atom. The van der Waals surface area contributed by atoms with Gasteiger partial charge in [0.1, 0.15) is 0 Å². The van der Waals surface area contributed by atoms with Crippen molar-refractivity contribution in [2.45, 2.75) is 32.3 Å². The number of β-amino-alcohol motifs (C(OH)–C–C–N with tert-alkyl or cyclic N) is 1. The third-order valence-corrected chi connectivity index (χ3v) is 5.12. The maximum absolute atomic E-state index is 9.60. The Kier molecular flexibility index (Phi) is 4.50. The molecule has 4 atom stereocenters. The minimum Gasteiger partial charge on any atom is -0.392 e. The van der Waals surface area contributed by atoms with E-state index in [1.807, 2.05) is 31.0 Å². The Morgan fingerprint density at radius 3 is 3.00 bits per heavy atom. The summed E-state index contributed by atoms with van der Waals surface area (Å²) in [5.74, 6) is 2.38. The van der Waals surface area contributed by atoms with Crippen molar-refractivity contribution in [1.82, 2.24) is 14.7 Å². The van der Waals surface area contributed by atoms with E-state index < -0.39 is 0 Å². The van der Waals surface area contributed by atoms with Gasteiger partial charge in [0.2, 0.25) is 0 Å². The highest BCUT2D eigenvalue weighted by atomic mass is 16.3. The lowest BCUT2D eigenvalue weighted by Crippen LogP contribution is -2.32. The second-order valence-electron chi connectivity index (χ2n) is 6.97. The molecule has 5 heteroatoms. The summed E-state index contributed by atoms with van der Waals surface area (Å²) in [6.45, 7) is 6.11. The third kappa shape index (κ3) is 3.58. The monoisotopic (exact) mass is 292 g/mol. The average Bonchev–Trinajstić information content (AvgIpc) is 3.01. The number of aliphatic hydroxyl groups excluding tert-OH is 1. The molecule has 1 aromatic heterocycles. The molecule has 0 unspecified atom stereocenters. The number of fused-ring (bicyclic) bond motifs is 1. The highest BCUT2D eigenvalue weighted by molar-refractivity contribution is 5.38. The summed E-state index contributed by atoms with van der Waals surface area (Å²) >= 11 is 0. The number of anilines is 1. The summed E-state index contributed by atoms with van der Waals surface area (Å²) in [6.07, 6.45) is 7.77. The molecule has 1 aliphatic heterocycles. The lowest BCUT2D eigenvalue weighted by molar-refractivity contribution is 0.136. The number of hydrogen-bond acceptors (Lipinski definition) is 4. The van der Waals surface area contributed by atoms with Crippen LogP contribution in [-0.4, -0.2) is 52.1 Å². The van der Waals surface area contributed by atoms with Crippen LogP contribution in [0.1, 0.15) is 26.2 Å². The van der Waals surface area contributed by atoms with Crippen molar-refractivity contribution in [3.8, 4) is 0 Å². The molecule has 0 amide bonds. The number of nitrogens with one attached hydrogen (secondary N) is 1. The molecule has 1 saturated carbocycles. The molecule has 21 heavy (non-hydrogen) atoms. The van der Waals surface area contributed by atoms with Crippen molar-refractivity contribution >= 4 is 5.69 Å². The molecule has 3 rings (SSSR count). The van der Waals surface area contributed by atoms with Gasteiger partial charge in [0.15, 0.2) is 0 Å². The Labute approximate surface area is 127 Å². The Balaban J connectivity index is 1.55. The Morgan fingerprint density at radius 2 is 2.29 bits per heavy atom. The molecule has 2 aliphatic rings. The number of aromatic nitrogens is 2. The summed E-state index contributed by atoms with van der Waals surface area (Å²) in [7, 11) is 1.95. The summed E-state index contributed by atoms with van der Waals surface area (Å²) in [6, 6.07) is 0. The second kappa shape index (κ2) is 6.36. The molecule has 118 valence electrons. The van der Waals surface area contributed by atoms with E-state index in [4.69, 9.17) is 0 Å². The standard InChI is InChI=1S/C16H28N4O/c1-12(21)8-20-9-14-5-3-4-13(16(14)11-20)6-17-15-7-18-19(2)10-15/h7,10,12-14,16-17,21H,3-6,8-9,11H2,1-2H3/t12-,13-,14+,16+/m0/s1. The van der Waals surface area contributed by atoms with Crippen molar-refractivity contribution < 1.29 is 5.11 Å². The topological polar surface area (TPSA) is 53.3 Å². The molecular formula is C16H28N4O. The average molecular weight is 292 g/mol. The minimum absolute atomic E-state index is 0.211. The third-order valence-electron chi connectivity index (χ3n) is 5.12. The van der Waals surface area contributed by atoms with Gasteiger partial charge in [-0.05, 0) is 37.5 Å². The first kappa shape index (κ1) is 14.9. The van der Waals surface area contributed by atoms with Crippen LogP contribution in [0.3, 0.4) is 0 Å². The minimum atomic E-state index is -0.211. The molecule has 2 heterocycles. The number of hydrogen-bond donors (Lipinski definition) is 2. The highest BCUT2D eigenvalue weighted by Crippen LogP contribution is 2.40. The van der Waals surface area contributed by atoms with Crippen LogP contribution in [0.25, 0.3) is 0 Å². The summed E-state index contributed by atoms with van der Waals surface area (Å²) in [5.41, 5.74) is 1.12. The van der Waals surface area contributed by atoms with E-state index in [1.165, 1.54) is 25.8 Å². The first-order chi connectivity index (χ1) is 10.1. The van der Waals surface area contributed by atoms with Crippen molar-refractivity contribution in [3.05, 3.63) is 12.4 Å². The van der Waals surface area contributed by atoms with Crippen LogP contribution < -0.4 is 5.32 Å². The van der Waals surface area contributed by atoms with E-state index in [2.05, 4.69) is 15.3 Å². The molecule has 1 aromatic rings. The summed E-state index contributed by atoms with van der Waals surface area (Å²) < 4.78 is 1.84.